The van der Waals surface area contributed by atoms with Crippen LogP contribution in [-0.4, -0.2) is 32.8 Å². The standard InChI is InChI=1S/C17H15NO4S/c1-18-16(17(19)22-2)15(12-8-4-3-5-9-12)13-10-6-7-11-14(13)23(18,20)21/h3-11H,1-2H3. The van der Waals surface area contributed by atoms with E-state index in [2.05, 4.69) is 0 Å². The number of benzene rings is 2. The number of rotatable bonds is 2. The summed E-state index contributed by atoms with van der Waals surface area (Å²) in [7, 11) is -1.19. The van der Waals surface area contributed by atoms with E-state index in [1.807, 2.05) is 30.3 Å². The van der Waals surface area contributed by atoms with E-state index in [1.54, 1.807) is 18.2 Å². The van der Waals surface area contributed by atoms with E-state index in [-0.39, 0.29) is 10.6 Å². The Balaban J connectivity index is 2.44. The minimum Gasteiger partial charge on any atom is -0.464 e. The van der Waals surface area contributed by atoms with E-state index in [0.29, 0.717) is 11.1 Å². The van der Waals surface area contributed by atoms with E-state index in [4.69, 9.17) is 4.74 Å². The lowest BCUT2D eigenvalue weighted by Gasteiger charge is -2.30. The van der Waals surface area contributed by atoms with E-state index in [1.165, 1.54) is 20.2 Å². The molecule has 23 heavy (non-hydrogen) atoms. The van der Waals surface area contributed by atoms with Crippen LogP contribution in [0.4, 0.5) is 0 Å². The number of sulfonamides is 1. The number of ether oxygens (including phenoxy) is 1. The molecule has 0 bridgehead atoms. The first-order valence-electron chi connectivity index (χ1n) is 6.95. The highest BCUT2D eigenvalue weighted by Crippen LogP contribution is 2.39. The largest absolute Gasteiger partial charge is 0.464 e. The van der Waals surface area contributed by atoms with Crippen LogP contribution in [0.5, 0.6) is 0 Å². The van der Waals surface area contributed by atoms with Gasteiger partial charge in [-0.2, -0.15) is 0 Å². The van der Waals surface area contributed by atoms with E-state index in [9.17, 15) is 13.2 Å². The number of hydrogen-bond acceptors (Lipinski definition) is 4. The predicted molar refractivity (Wildman–Crippen MR) is 85.9 cm³/mol. The van der Waals surface area contributed by atoms with Crippen LogP contribution < -0.4 is 0 Å². The molecule has 0 saturated carbocycles. The molecule has 1 heterocycles. The quantitative estimate of drug-likeness (QED) is 0.793. The molecule has 0 aliphatic carbocycles. The molecule has 0 atom stereocenters. The predicted octanol–water partition coefficient (Wildman–Crippen LogP) is 2.25. The van der Waals surface area contributed by atoms with Gasteiger partial charge in [0.2, 0.25) is 0 Å². The number of fused-ring (bicyclic) bond motifs is 1. The second-order valence-electron chi connectivity index (χ2n) is 5.05. The van der Waals surface area contributed by atoms with Crippen molar-refractivity contribution in [3.8, 4) is 0 Å². The molecule has 0 unspecified atom stereocenters. The average Bonchev–Trinajstić information content (AvgIpc) is 2.58. The van der Waals surface area contributed by atoms with Crippen molar-refractivity contribution in [2.24, 2.45) is 0 Å². The third-order valence-corrected chi connectivity index (χ3v) is 5.60. The SMILES string of the molecule is COC(=O)C1=C(c2ccccc2)c2ccccc2S(=O)(=O)N1C. The Hall–Kier alpha value is -2.60. The normalized spacial score (nSPS) is 16.0. The van der Waals surface area contributed by atoms with E-state index >= 15 is 0 Å². The van der Waals surface area contributed by atoms with Gasteiger partial charge in [0.25, 0.3) is 10.0 Å². The molecule has 6 heteroatoms. The first-order valence-corrected chi connectivity index (χ1v) is 8.39. The molecular formula is C17H15NO4S. The first-order chi connectivity index (χ1) is 11.0. The Bertz CT molecular complexity index is 901. The Labute approximate surface area is 134 Å². The molecular weight excluding hydrogens is 314 g/mol. The Morgan fingerprint density at radius 2 is 1.61 bits per heavy atom. The van der Waals surface area contributed by atoms with Crippen LogP contribution in [0.2, 0.25) is 0 Å². The second-order valence-corrected chi connectivity index (χ2v) is 6.99. The molecule has 2 aromatic rings. The fraction of sp³-hybridized carbons (Fsp3) is 0.118. The number of carbonyl (C=O) groups excluding carboxylic acids is 1. The van der Waals surface area contributed by atoms with Gasteiger partial charge in [0.1, 0.15) is 5.70 Å². The van der Waals surface area contributed by atoms with Crippen molar-refractivity contribution < 1.29 is 17.9 Å². The van der Waals surface area contributed by atoms with Gasteiger partial charge in [0.15, 0.2) is 0 Å². The second kappa shape index (κ2) is 5.55. The average molecular weight is 329 g/mol. The molecule has 0 saturated heterocycles. The topological polar surface area (TPSA) is 63.7 Å². The number of likely N-dealkylation sites (N-methyl/N-ethyl adjacent to an activating group) is 1. The van der Waals surface area contributed by atoms with Crippen LogP contribution in [0.15, 0.2) is 65.2 Å². The third-order valence-electron chi connectivity index (χ3n) is 3.79. The van der Waals surface area contributed by atoms with Gasteiger partial charge < -0.3 is 4.74 Å². The third kappa shape index (κ3) is 2.31. The van der Waals surface area contributed by atoms with Crippen LogP contribution in [-0.2, 0) is 19.6 Å². The Kier molecular flexibility index (Phi) is 3.69. The summed E-state index contributed by atoms with van der Waals surface area (Å²) in [6, 6.07) is 15.8. The maximum atomic E-state index is 12.7. The summed E-state index contributed by atoms with van der Waals surface area (Å²) >= 11 is 0. The van der Waals surface area contributed by atoms with Crippen molar-refractivity contribution in [3.05, 3.63) is 71.4 Å². The molecule has 2 aromatic carbocycles. The highest BCUT2D eigenvalue weighted by molar-refractivity contribution is 7.89. The van der Waals surface area contributed by atoms with Crippen molar-refractivity contribution in [2.75, 3.05) is 14.2 Å². The van der Waals surface area contributed by atoms with Crippen LogP contribution in [0.1, 0.15) is 11.1 Å². The molecule has 0 amide bonds. The summed E-state index contributed by atoms with van der Waals surface area (Å²) in [6.45, 7) is 0. The monoisotopic (exact) mass is 329 g/mol. The molecule has 0 radical (unpaired) electrons. The first kappa shape index (κ1) is 15.3. The van der Waals surface area contributed by atoms with Gasteiger partial charge in [-0.1, -0.05) is 48.5 Å². The van der Waals surface area contributed by atoms with Gasteiger partial charge in [-0.15, -0.1) is 0 Å². The van der Waals surface area contributed by atoms with Crippen molar-refractivity contribution >= 4 is 21.6 Å². The molecule has 0 spiro atoms. The van der Waals surface area contributed by atoms with Gasteiger partial charge in [-0.05, 0) is 11.6 Å². The lowest BCUT2D eigenvalue weighted by atomic mass is 9.95. The van der Waals surface area contributed by atoms with Gasteiger partial charge in [-0.25, -0.2) is 13.2 Å². The maximum absolute atomic E-state index is 12.7. The molecule has 5 nitrogen and oxygen atoms in total. The van der Waals surface area contributed by atoms with Gasteiger partial charge in [0, 0.05) is 18.2 Å². The highest BCUT2D eigenvalue weighted by Gasteiger charge is 2.38. The summed E-state index contributed by atoms with van der Waals surface area (Å²) < 4.78 is 31.2. The molecule has 0 fully saturated rings. The number of carbonyl (C=O) groups is 1. The fourth-order valence-corrected chi connectivity index (χ4v) is 4.07. The Morgan fingerprint density at radius 3 is 2.26 bits per heavy atom. The maximum Gasteiger partial charge on any atom is 0.356 e. The van der Waals surface area contributed by atoms with E-state index < -0.39 is 16.0 Å². The fourth-order valence-electron chi connectivity index (χ4n) is 2.68. The van der Waals surface area contributed by atoms with Crippen molar-refractivity contribution in [3.63, 3.8) is 0 Å². The van der Waals surface area contributed by atoms with Gasteiger partial charge in [-0.3, -0.25) is 4.31 Å². The van der Waals surface area contributed by atoms with Crippen LogP contribution >= 0.6 is 0 Å². The Morgan fingerprint density at radius 1 is 1.00 bits per heavy atom. The summed E-state index contributed by atoms with van der Waals surface area (Å²) in [5, 5.41) is 0. The summed E-state index contributed by atoms with van der Waals surface area (Å²) in [5.74, 6) is -0.690. The summed E-state index contributed by atoms with van der Waals surface area (Å²) in [5.41, 5.74) is 1.81. The van der Waals surface area contributed by atoms with Crippen LogP contribution in [0, 0.1) is 0 Å². The van der Waals surface area contributed by atoms with Gasteiger partial charge >= 0.3 is 5.97 Å². The van der Waals surface area contributed by atoms with Crippen LogP contribution in [0.3, 0.4) is 0 Å². The van der Waals surface area contributed by atoms with Gasteiger partial charge in [0.05, 0.1) is 12.0 Å². The van der Waals surface area contributed by atoms with Crippen LogP contribution in [0.25, 0.3) is 5.57 Å². The zero-order valence-electron chi connectivity index (χ0n) is 12.7. The number of hydrogen-bond donors (Lipinski definition) is 0. The van der Waals surface area contributed by atoms with E-state index in [0.717, 1.165) is 9.87 Å². The summed E-state index contributed by atoms with van der Waals surface area (Å²) in [6.07, 6.45) is 0. The molecule has 3 rings (SSSR count). The van der Waals surface area contributed by atoms with Crippen molar-refractivity contribution in [1.82, 2.24) is 4.31 Å². The zero-order chi connectivity index (χ0) is 16.6. The number of nitrogens with zero attached hydrogens (tertiary/aromatic N) is 1. The molecule has 1 aliphatic rings. The molecule has 0 aromatic heterocycles. The lowest BCUT2D eigenvalue weighted by Crippen LogP contribution is -2.35. The molecule has 118 valence electrons. The highest BCUT2D eigenvalue weighted by atomic mass is 32.2. The van der Waals surface area contributed by atoms with Crippen molar-refractivity contribution in [2.45, 2.75) is 4.90 Å². The zero-order valence-corrected chi connectivity index (χ0v) is 13.5. The minimum absolute atomic E-state index is 0.0115. The minimum atomic E-state index is -3.79. The number of methoxy groups -OCH3 is 1. The lowest BCUT2D eigenvalue weighted by molar-refractivity contribution is -0.137. The molecule has 1 aliphatic heterocycles. The number of esters is 1. The smallest absolute Gasteiger partial charge is 0.356 e. The van der Waals surface area contributed by atoms with Crippen molar-refractivity contribution in [1.29, 1.82) is 0 Å². The molecule has 0 N–H and O–H groups in total. The summed E-state index contributed by atoms with van der Waals surface area (Å²) in [4.78, 5) is 12.4.